The van der Waals surface area contributed by atoms with Gasteiger partial charge in [-0.15, -0.1) is 0 Å². The zero-order valence-corrected chi connectivity index (χ0v) is 14.1. The average Bonchev–Trinajstić information content (AvgIpc) is 2.61. The van der Waals surface area contributed by atoms with Gasteiger partial charge in [0, 0.05) is 31.1 Å². The molecule has 1 aliphatic carbocycles. The minimum atomic E-state index is 0.0436. The molecule has 1 atom stereocenters. The highest BCUT2D eigenvalue weighted by molar-refractivity contribution is 5.80. The van der Waals surface area contributed by atoms with Crippen molar-refractivity contribution in [3.63, 3.8) is 0 Å². The van der Waals surface area contributed by atoms with Crippen molar-refractivity contribution in [1.29, 1.82) is 0 Å². The maximum Gasteiger partial charge on any atom is 0.229 e. The van der Waals surface area contributed by atoms with Crippen LogP contribution in [0.1, 0.15) is 50.3 Å². The molecule has 0 radical (unpaired) electrons. The van der Waals surface area contributed by atoms with E-state index in [0.717, 1.165) is 44.3 Å². The van der Waals surface area contributed by atoms with E-state index in [1.165, 1.54) is 6.42 Å². The normalized spacial score (nSPS) is 20.8. The Kier molecular flexibility index (Phi) is 4.54. The maximum absolute atomic E-state index is 12.8. The summed E-state index contributed by atoms with van der Waals surface area (Å²) in [6, 6.07) is 3.71. The minimum Gasteiger partial charge on any atom is -0.334 e. The Bertz CT molecular complexity index is 733. The van der Waals surface area contributed by atoms with E-state index in [-0.39, 0.29) is 12.0 Å². The largest absolute Gasteiger partial charge is 0.334 e. The van der Waals surface area contributed by atoms with Gasteiger partial charge in [0.1, 0.15) is 0 Å². The lowest BCUT2D eigenvalue weighted by molar-refractivity contribution is -0.142. The number of nitrogens with zero attached hydrogens (tertiary/aromatic N) is 5. The highest BCUT2D eigenvalue weighted by Crippen LogP contribution is 2.35. The van der Waals surface area contributed by atoms with Crippen molar-refractivity contribution in [2.24, 2.45) is 5.92 Å². The molecule has 2 aromatic rings. The monoisotopic (exact) mass is 338 g/mol. The van der Waals surface area contributed by atoms with Gasteiger partial charge in [0.2, 0.25) is 17.8 Å². The number of anilines is 2. The summed E-state index contributed by atoms with van der Waals surface area (Å²) in [5, 5.41) is 3.02. The van der Waals surface area contributed by atoms with Gasteiger partial charge in [0.05, 0.1) is 11.7 Å². The quantitative estimate of drug-likeness (QED) is 0.923. The molecule has 25 heavy (non-hydrogen) atoms. The van der Waals surface area contributed by atoms with Crippen molar-refractivity contribution in [3.8, 4) is 0 Å². The van der Waals surface area contributed by atoms with Crippen LogP contribution in [-0.2, 0) is 4.79 Å². The molecule has 1 N–H and O–H groups in total. The smallest absolute Gasteiger partial charge is 0.229 e. The zero-order valence-electron chi connectivity index (χ0n) is 14.1. The Hall–Kier alpha value is -2.57. The fourth-order valence-corrected chi connectivity index (χ4v) is 3.47. The maximum atomic E-state index is 12.8. The molecule has 0 unspecified atom stereocenters. The number of likely N-dealkylation sites (tertiary alicyclic amines) is 1. The first-order valence-corrected chi connectivity index (χ1v) is 8.99. The summed E-state index contributed by atoms with van der Waals surface area (Å²) in [5.74, 6) is 1.45. The van der Waals surface area contributed by atoms with E-state index in [1.807, 2.05) is 11.0 Å². The molecule has 130 valence electrons. The number of rotatable bonds is 4. The third kappa shape index (κ3) is 3.45. The molecule has 3 heterocycles. The van der Waals surface area contributed by atoms with E-state index in [4.69, 9.17) is 0 Å². The van der Waals surface area contributed by atoms with Crippen LogP contribution in [0.3, 0.4) is 0 Å². The van der Waals surface area contributed by atoms with Crippen molar-refractivity contribution in [3.05, 3.63) is 36.4 Å². The van der Waals surface area contributed by atoms with E-state index in [1.54, 1.807) is 24.7 Å². The number of carbonyl (C=O) groups is 1. The molecule has 0 aromatic carbocycles. The number of carbonyl (C=O) groups excluding carboxylic acids is 1. The molecule has 2 aromatic heterocycles. The highest BCUT2D eigenvalue weighted by Gasteiger charge is 2.35. The predicted octanol–water partition coefficient (Wildman–Crippen LogP) is 2.86. The van der Waals surface area contributed by atoms with Gasteiger partial charge < -0.3 is 4.90 Å². The first-order valence-electron chi connectivity index (χ1n) is 8.99. The van der Waals surface area contributed by atoms with Crippen LogP contribution in [-0.4, -0.2) is 37.3 Å². The molecule has 2 aliphatic rings. The second-order valence-electron chi connectivity index (χ2n) is 6.67. The van der Waals surface area contributed by atoms with Crippen LogP contribution in [0.25, 0.3) is 0 Å². The fraction of sp³-hybridized carbons (Fsp3) is 0.500. The first-order chi connectivity index (χ1) is 12.3. The molecular weight excluding hydrogens is 316 g/mol. The Morgan fingerprint density at radius 1 is 1.00 bits per heavy atom. The molecule has 1 saturated heterocycles. The number of amides is 1. The van der Waals surface area contributed by atoms with E-state index in [0.29, 0.717) is 17.8 Å². The van der Waals surface area contributed by atoms with Crippen LogP contribution < -0.4 is 5.32 Å². The molecule has 0 spiro atoms. The van der Waals surface area contributed by atoms with Crippen LogP contribution in [0.15, 0.2) is 30.7 Å². The van der Waals surface area contributed by atoms with Crippen molar-refractivity contribution in [1.82, 2.24) is 24.8 Å². The number of hydrogen-bond donors (Lipinski definition) is 1. The summed E-state index contributed by atoms with van der Waals surface area (Å²) in [4.78, 5) is 32.0. The SMILES string of the molecule is O=C(C1CCC1)N1CCCC[C@H]1c1ccnc(Nc2ncccn2)n1. The molecule has 0 bridgehead atoms. The summed E-state index contributed by atoms with van der Waals surface area (Å²) in [6.45, 7) is 0.828. The second-order valence-corrected chi connectivity index (χ2v) is 6.67. The Balaban J connectivity index is 1.54. The second kappa shape index (κ2) is 7.13. The highest BCUT2D eigenvalue weighted by atomic mass is 16.2. The average molecular weight is 338 g/mol. The minimum absolute atomic E-state index is 0.0436. The predicted molar refractivity (Wildman–Crippen MR) is 93.0 cm³/mol. The van der Waals surface area contributed by atoms with Crippen molar-refractivity contribution in [2.45, 2.75) is 44.6 Å². The summed E-state index contributed by atoms with van der Waals surface area (Å²) < 4.78 is 0. The molecule has 1 aliphatic heterocycles. The first kappa shape index (κ1) is 15.9. The topological polar surface area (TPSA) is 83.9 Å². The number of piperidine rings is 1. The van der Waals surface area contributed by atoms with E-state index in [9.17, 15) is 4.79 Å². The lowest BCUT2D eigenvalue weighted by atomic mass is 9.83. The van der Waals surface area contributed by atoms with Gasteiger partial charge >= 0.3 is 0 Å². The molecular formula is C18H22N6O. The van der Waals surface area contributed by atoms with Gasteiger partial charge in [-0.3, -0.25) is 10.1 Å². The third-order valence-corrected chi connectivity index (χ3v) is 5.05. The summed E-state index contributed by atoms with van der Waals surface area (Å²) in [6.07, 6.45) is 11.4. The lowest BCUT2D eigenvalue weighted by Crippen LogP contribution is -2.43. The van der Waals surface area contributed by atoms with Crippen molar-refractivity contribution in [2.75, 3.05) is 11.9 Å². The van der Waals surface area contributed by atoms with Crippen LogP contribution in [0.4, 0.5) is 11.9 Å². The Morgan fingerprint density at radius 2 is 1.80 bits per heavy atom. The van der Waals surface area contributed by atoms with Gasteiger partial charge in [-0.2, -0.15) is 0 Å². The van der Waals surface area contributed by atoms with E-state index in [2.05, 4.69) is 25.3 Å². The molecule has 4 rings (SSSR count). The molecule has 1 saturated carbocycles. The van der Waals surface area contributed by atoms with Crippen molar-refractivity contribution < 1.29 is 4.79 Å². The molecule has 7 heteroatoms. The van der Waals surface area contributed by atoms with Gasteiger partial charge in [-0.25, -0.2) is 19.9 Å². The van der Waals surface area contributed by atoms with Gasteiger partial charge in [-0.05, 0) is 44.2 Å². The van der Waals surface area contributed by atoms with Gasteiger partial charge in [-0.1, -0.05) is 6.42 Å². The summed E-state index contributed by atoms with van der Waals surface area (Å²) in [5.41, 5.74) is 0.890. The van der Waals surface area contributed by atoms with Crippen LogP contribution >= 0.6 is 0 Å². The number of hydrogen-bond acceptors (Lipinski definition) is 6. The van der Waals surface area contributed by atoms with Crippen LogP contribution in [0.5, 0.6) is 0 Å². The Morgan fingerprint density at radius 3 is 2.56 bits per heavy atom. The zero-order chi connectivity index (χ0) is 17.1. The molecule has 2 fully saturated rings. The number of nitrogens with one attached hydrogen (secondary N) is 1. The standard InChI is InChI=1S/C18H22N6O/c25-16(13-5-3-6-13)24-12-2-1-7-15(24)14-8-11-21-18(22-14)23-17-19-9-4-10-20-17/h4,8-11,13,15H,1-3,5-7,12H2,(H,19,20,21,22,23)/t15-/m0/s1. The molecule has 7 nitrogen and oxygen atoms in total. The third-order valence-electron chi connectivity index (χ3n) is 5.05. The van der Waals surface area contributed by atoms with Gasteiger partial charge in [0.25, 0.3) is 0 Å². The van der Waals surface area contributed by atoms with Gasteiger partial charge in [0.15, 0.2) is 0 Å². The van der Waals surface area contributed by atoms with Crippen molar-refractivity contribution >= 4 is 17.8 Å². The van der Waals surface area contributed by atoms with Crippen LogP contribution in [0, 0.1) is 5.92 Å². The van der Waals surface area contributed by atoms with Crippen LogP contribution in [0.2, 0.25) is 0 Å². The van der Waals surface area contributed by atoms with E-state index < -0.39 is 0 Å². The summed E-state index contributed by atoms with van der Waals surface area (Å²) >= 11 is 0. The number of aromatic nitrogens is 4. The molecule has 1 amide bonds. The summed E-state index contributed by atoms with van der Waals surface area (Å²) in [7, 11) is 0. The van der Waals surface area contributed by atoms with E-state index >= 15 is 0 Å². The fourth-order valence-electron chi connectivity index (χ4n) is 3.47. The Labute approximate surface area is 146 Å². The lowest BCUT2D eigenvalue weighted by Gasteiger charge is -2.39.